The Morgan fingerprint density at radius 1 is 1.05 bits per heavy atom. The molecule has 1 amide bonds. The van der Waals surface area contributed by atoms with Gasteiger partial charge in [0.2, 0.25) is 11.8 Å². The number of pyridine rings is 1. The predicted octanol–water partition coefficient (Wildman–Crippen LogP) is 7.31. The summed E-state index contributed by atoms with van der Waals surface area (Å²) < 4.78 is 60.8. The number of alkyl halides is 2. The SMILES string of the molecule is CN[B]C(=N)c1c(Cl)ccc(-n2c(C(Cc3cc(F)cc(F)c3)NC(=O)Cn3nc(C4CC4)c4c3CC3CC43)nc3nc(C4CCC(F)(F)CC4)ccc3c2=O)c1C. The van der Waals surface area contributed by atoms with E-state index >= 15 is 0 Å². The number of carbonyl (C=O) groups is 1. The molecule has 4 aliphatic carbocycles. The Balaban J connectivity index is 1.19. The first kappa shape index (κ1) is 38.6. The molecule has 299 valence electrons. The van der Waals surface area contributed by atoms with Gasteiger partial charge in [-0.25, -0.2) is 27.5 Å². The van der Waals surface area contributed by atoms with Crippen molar-refractivity contribution in [3.05, 3.63) is 115 Å². The Morgan fingerprint density at radius 2 is 1.79 bits per heavy atom. The minimum Gasteiger partial charge on any atom is -0.357 e. The number of hydrogen-bond acceptors (Lipinski definition) is 7. The van der Waals surface area contributed by atoms with Crippen LogP contribution >= 0.6 is 11.6 Å². The van der Waals surface area contributed by atoms with E-state index in [1.807, 2.05) is 0 Å². The topological polar surface area (TPSA) is 131 Å². The number of fused-ring (bicyclic) bond motifs is 4. The molecule has 4 aliphatic rings. The number of amides is 1. The summed E-state index contributed by atoms with van der Waals surface area (Å²) in [6.07, 6.45) is 3.84. The van der Waals surface area contributed by atoms with Crippen molar-refractivity contribution >= 4 is 41.6 Å². The lowest BCUT2D eigenvalue weighted by Crippen LogP contribution is -2.38. The van der Waals surface area contributed by atoms with Crippen LogP contribution in [0.15, 0.2) is 47.3 Å². The fourth-order valence-corrected chi connectivity index (χ4v) is 9.45. The second kappa shape index (κ2) is 14.7. The van der Waals surface area contributed by atoms with Gasteiger partial charge in [0.25, 0.3) is 13.0 Å². The summed E-state index contributed by atoms with van der Waals surface area (Å²) in [5, 5.41) is 19.9. The van der Waals surface area contributed by atoms with Gasteiger partial charge in [-0.2, -0.15) is 5.10 Å². The van der Waals surface area contributed by atoms with Crippen molar-refractivity contribution in [2.24, 2.45) is 5.92 Å². The van der Waals surface area contributed by atoms with Crippen LogP contribution in [0.25, 0.3) is 16.7 Å². The quantitative estimate of drug-likeness (QED) is 0.0689. The maximum atomic E-state index is 14.9. The predicted molar refractivity (Wildman–Crippen MR) is 212 cm³/mol. The third-order valence-electron chi connectivity index (χ3n) is 12.2. The van der Waals surface area contributed by atoms with Gasteiger partial charge >= 0.3 is 0 Å². The minimum absolute atomic E-state index is 0.0152. The number of rotatable bonds is 12. The van der Waals surface area contributed by atoms with Gasteiger partial charge in [-0.15, -0.1) is 0 Å². The van der Waals surface area contributed by atoms with Crippen molar-refractivity contribution in [1.82, 2.24) is 34.9 Å². The zero-order valence-corrected chi connectivity index (χ0v) is 32.8. The van der Waals surface area contributed by atoms with E-state index in [-0.39, 0.29) is 77.6 Å². The lowest BCUT2D eigenvalue weighted by atomic mass is 9.80. The third kappa shape index (κ3) is 7.24. The smallest absolute Gasteiger partial charge is 0.270 e. The molecule has 58 heavy (non-hydrogen) atoms. The van der Waals surface area contributed by atoms with Gasteiger partial charge in [-0.3, -0.25) is 18.8 Å². The molecule has 0 bridgehead atoms. The molecule has 3 heterocycles. The molecular weight excluding hydrogens is 771 g/mol. The number of carbonyl (C=O) groups excluding carboxylic acids is 1. The van der Waals surface area contributed by atoms with Crippen LogP contribution in [0.4, 0.5) is 17.6 Å². The summed E-state index contributed by atoms with van der Waals surface area (Å²) in [6.45, 7) is 1.60. The van der Waals surface area contributed by atoms with Crippen LogP contribution in [0.2, 0.25) is 5.02 Å². The largest absolute Gasteiger partial charge is 0.357 e. The molecule has 3 unspecified atom stereocenters. The monoisotopic (exact) mass is 811 g/mol. The van der Waals surface area contributed by atoms with Crippen LogP contribution in [0.1, 0.15) is 114 Å². The molecule has 0 spiro atoms. The Kier molecular flexibility index (Phi) is 9.82. The molecule has 9 rings (SSSR count). The van der Waals surface area contributed by atoms with E-state index in [1.54, 1.807) is 42.9 Å². The molecular formula is C42H41BClF4N8O2. The Bertz CT molecular complexity index is 2540. The van der Waals surface area contributed by atoms with Crippen molar-refractivity contribution in [3.8, 4) is 5.69 Å². The first-order valence-electron chi connectivity index (χ1n) is 19.8. The minimum atomic E-state index is -2.75. The van der Waals surface area contributed by atoms with Gasteiger partial charge < -0.3 is 16.0 Å². The average Bonchev–Trinajstić information content (AvgIpc) is 4.09. The molecule has 3 saturated carbocycles. The molecule has 3 fully saturated rings. The molecule has 3 N–H and O–H groups in total. The van der Waals surface area contributed by atoms with E-state index in [0.717, 1.165) is 55.3 Å². The second-order valence-electron chi connectivity index (χ2n) is 16.3. The third-order valence-corrected chi connectivity index (χ3v) is 12.6. The number of benzene rings is 2. The van der Waals surface area contributed by atoms with Gasteiger partial charge in [0, 0.05) is 70.3 Å². The molecule has 2 aromatic carbocycles. The first-order chi connectivity index (χ1) is 27.8. The van der Waals surface area contributed by atoms with Crippen molar-refractivity contribution in [3.63, 3.8) is 0 Å². The van der Waals surface area contributed by atoms with Gasteiger partial charge in [0.15, 0.2) is 5.65 Å². The Labute approximate surface area is 337 Å². The molecule has 16 heteroatoms. The normalized spacial score (nSPS) is 20.1. The zero-order chi connectivity index (χ0) is 40.6. The van der Waals surface area contributed by atoms with Crippen LogP contribution in [-0.4, -0.2) is 56.2 Å². The summed E-state index contributed by atoms with van der Waals surface area (Å²) in [5.74, 6) is -3.60. The van der Waals surface area contributed by atoms with E-state index in [9.17, 15) is 27.2 Å². The second-order valence-corrected chi connectivity index (χ2v) is 16.8. The summed E-state index contributed by atoms with van der Waals surface area (Å²) >= 11 is 6.64. The van der Waals surface area contributed by atoms with Crippen molar-refractivity contribution in [2.45, 2.75) is 101 Å². The summed E-state index contributed by atoms with van der Waals surface area (Å²) in [4.78, 5) is 38.9. The molecule has 3 aromatic heterocycles. The lowest BCUT2D eigenvalue weighted by Gasteiger charge is -2.28. The van der Waals surface area contributed by atoms with E-state index in [0.29, 0.717) is 40.3 Å². The van der Waals surface area contributed by atoms with E-state index in [4.69, 9.17) is 32.1 Å². The number of halogens is 5. The molecule has 0 aliphatic heterocycles. The lowest BCUT2D eigenvalue weighted by molar-refractivity contribution is -0.122. The van der Waals surface area contributed by atoms with Crippen LogP contribution in [0.3, 0.4) is 0 Å². The molecule has 0 saturated heterocycles. The van der Waals surface area contributed by atoms with Gasteiger partial charge in [-0.05, 0) is 112 Å². The molecule has 5 aromatic rings. The number of nitrogens with zero attached hydrogens (tertiary/aromatic N) is 5. The zero-order valence-electron chi connectivity index (χ0n) is 32.0. The van der Waals surface area contributed by atoms with E-state index in [1.165, 1.54) is 17.5 Å². The highest BCUT2D eigenvalue weighted by Gasteiger charge is 2.51. The maximum absolute atomic E-state index is 14.9. The summed E-state index contributed by atoms with van der Waals surface area (Å²) in [5.41, 5.74) is 4.81. The fraction of sp³-hybridized carbons (Fsp3) is 0.429. The van der Waals surface area contributed by atoms with Crippen molar-refractivity contribution < 1.29 is 22.4 Å². The van der Waals surface area contributed by atoms with Gasteiger partial charge in [0.05, 0.1) is 22.8 Å². The Hall–Kier alpha value is -4.89. The molecule has 3 atom stereocenters. The molecule has 1 radical (unpaired) electrons. The Morgan fingerprint density at radius 3 is 2.50 bits per heavy atom. The molecule has 10 nitrogen and oxygen atoms in total. The van der Waals surface area contributed by atoms with Crippen LogP contribution in [0, 0.1) is 29.9 Å². The fourth-order valence-electron chi connectivity index (χ4n) is 9.15. The average molecular weight is 812 g/mol. The number of aromatic nitrogens is 5. The van der Waals surface area contributed by atoms with E-state index in [2.05, 4.69) is 10.5 Å². The van der Waals surface area contributed by atoms with E-state index < -0.39 is 35.1 Å². The highest BCUT2D eigenvalue weighted by atomic mass is 35.5. The number of nitrogens with one attached hydrogen (secondary N) is 3. The van der Waals surface area contributed by atoms with Gasteiger partial charge in [-0.1, -0.05) is 11.6 Å². The van der Waals surface area contributed by atoms with Crippen LogP contribution in [0.5, 0.6) is 0 Å². The standard InChI is InChI=1S/C42H41BClF4N8O2/c1-20-32(8-6-29(44)35(20)38(49)43-50-2)56-40(53-39-27(41(56)58)5-7-30(52-39)22-9-11-42(47,48)12-10-22)31(15-21-13-25(45)18-26(46)14-21)51-34(57)19-55-33-17-24-16-28(24)36(33)37(54-55)23-3-4-23/h5-8,13-14,18,22-24,28,31,49-50H,3-4,9-12,15-17,19H2,1-2H3,(H,51,57). The van der Waals surface area contributed by atoms with Crippen molar-refractivity contribution in [1.29, 1.82) is 5.41 Å². The first-order valence-corrected chi connectivity index (χ1v) is 20.2. The van der Waals surface area contributed by atoms with Crippen molar-refractivity contribution in [2.75, 3.05) is 7.05 Å². The number of hydrogen-bond donors (Lipinski definition) is 3. The van der Waals surface area contributed by atoms with Crippen LogP contribution in [-0.2, 0) is 24.2 Å². The summed E-state index contributed by atoms with van der Waals surface area (Å²) in [7, 11) is 3.10. The van der Waals surface area contributed by atoms with Crippen LogP contribution < -0.4 is 16.1 Å². The maximum Gasteiger partial charge on any atom is 0.270 e. The highest BCUT2D eigenvalue weighted by Crippen LogP contribution is 2.60. The van der Waals surface area contributed by atoms with Gasteiger partial charge in [0.1, 0.15) is 24.0 Å². The summed E-state index contributed by atoms with van der Waals surface area (Å²) in [6, 6.07) is 8.36. The highest BCUT2D eigenvalue weighted by molar-refractivity contribution is 6.77.